The first-order valence-electron chi connectivity index (χ1n) is 7.27. The normalized spacial score (nSPS) is 11.2. The number of hydrogen-bond acceptors (Lipinski definition) is 3. The van der Waals surface area contributed by atoms with Gasteiger partial charge >= 0.3 is 0 Å². The summed E-state index contributed by atoms with van der Waals surface area (Å²) < 4.78 is 81.3. The molecule has 0 radical (unpaired) electrons. The maximum Gasteiger partial charge on any atom is 0.263 e. The minimum atomic E-state index is -4.30. The third-order valence-electron chi connectivity index (χ3n) is 3.59. The second-order valence-electron chi connectivity index (χ2n) is 5.41. The van der Waals surface area contributed by atoms with Crippen LogP contribution in [0, 0.1) is 34.6 Å². The van der Waals surface area contributed by atoms with E-state index in [1.54, 1.807) is 6.07 Å². The summed E-state index contributed by atoms with van der Waals surface area (Å²) >= 11 is 0. The Morgan fingerprint density at radius 3 is 2.22 bits per heavy atom. The summed E-state index contributed by atoms with van der Waals surface area (Å²) in [5.41, 5.74) is -1.29. The molecule has 0 aliphatic carbocycles. The molecule has 0 spiro atoms. The van der Waals surface area contributed by atoms with Crippen LogP contribution in [0.5, 0.6) is 0 Å². The number of benzene rings is 2. The van der Waals surface area contributed by atoms with Gasteiger partial charge in [-0.3, -0.25) is 4.72 Å². The molecular weight excluding hydrogens is 386 g/mol. The summed E-state index contributed by atoms with van der Waals surface area (Å²) in [7, 11) is -4.30. The number of halogens is 4. The lowest BCUT2D eigenvalue weighted by Gasteiger charge is -2.07. The van der Waals surface area contributed by atoms with Gasteiger partial charge in [-0.1, -0.05) is 0 Å². The molecule has 2 N–H and O–H groups in total. The van der Waals surface area contributed by atoms with Gasteiger partial charge in [0.2, 0.25) is 0 Å². The van der Waals surface area contributed by atoms with Gasteiger partial charge in [0.05, 0.1) is 28.6 Å². The number of anilines is 1. The highest BCUT2D eigenvalue weighted by Gasteiger charge is 2.21. The Morgan fingerprint density at radius 2 is 1.63 bits per heavy atom. The highest BCUT2D eigenvalue weighted by molar-refractivity contribution is 7.92. The molecule has 5 nitrogen and oxygen atoms in total. The Kier molecular flexibility index (Phi) is 4.63. The van der Waals surface area contributed by atoms with E-state index >= 15 is 0 Å². The van der Waals surface area contributed by atoms with Gasteiger partial charge in [-0.15, -0.1) is 0 Å². The van der Waals surface area contributed by atoms with Gasteiger partial charge in [0.25, 0.3) is 10.0 Å². The van der Waals surface area contributed by atoms with Gasteiger partial charge in [-0.2, -0.15) is 5.26 Å². The van der Waals surface area contributed by atoms with E-state index in [1.165, 1.54) is 6.07 Å². The molecule has 0 atom stereocenters. The number of rotatable bonds is 4. The number of aromatic nitrogens is 1. The number of aromatic amines is 1. The van der Waals surface area contributed by atoms with Gasteiger partial charge < -0.3 is 4.98 Å². The number of nitrogens with zero attached hydrogens (tertiary/aromatic N) is 1. The summed E-state index contributed by atoms with van der Waals surface area (Å²) in [5, 5.41) is 8.69. The molecule has 1 heterocycles. The van der Waals surface area contributed by atoms with E-state index in [0.717, 1.165) is 24.4 Å². The van der Waals surface area contributed by atoms with E-state index in [-0.39, 0.29) is 11.3 Å². The SMILES string of the molecule is N#Cc1ccc(NS(=O)(=O)c2c[nH]c(-c3c(F)cc(F)cc3F)c2)c(F)c1. The van der Waals surface area contributed by atoms with Crippen molar-refractivity contribution in [3.8, 4) is 17.3 Å². The van der Waals surface area contributed by atoms with Gasteiger partial charge in [-0.25, -0.2) is 26.0 Å². The zero-order valence-corrected chi connectivity index (χ0v) is 14.0. The monoisotopic (exact) mass is 395 g/mol. The maximum atomic E-state index is 13.9. The van der Waals surface area contributed by atoms with Crippen molar-refractivity contribution in [1.29, 1.82) is 5.26 Å². The highest BCUT2D eigenvalue weighted by Crippen LogP contribution is 2.29. The fourth-order valence-corrected chi connectivity index (χ4v) is 3.40. The predicted molar refractivity (Wildman–Crippen MR) is 88.0 cm³/mol. The molecule has 1 aromatic heterocycles. The van der Waals surface area contributed by atoms with E-state index in [2.05, 4.69) is 4.98 Å². The zero-order valence-electron chi connectivity index (χ0n) is 13.2. The van der Waals surface area contributed by atoms with Crippen molar-refractivity contribution in [2.24, 2.45) is 0 Å². The molecule has 0 bridgehead atoms. The molecular formula is C17H9F4N3O2S. The quantitative estimate of drug-likeness (QED) is 0.657. The van der Waals surface area contributed by atoms with Crippen LogP contribution >= 0.6 is 0 Å². The maximum absolute atomic E-state index is 13.9. The lowest BCUT2D eigenvalue weighted by molar-refractivity contribution is 0.547. The molecule has 0 saturated heterocycles. The van der Waals surface area contributed by atoms with Crippen molar-refractivity contribution in [2.45, 2.75) is 4.90 Å². The number of sulfonamides is 1. The van der Waals surface area contributed by atoms with Gasteiger partial charge in [-0.05, 0) is 24.3 Å². The van der Waals surface area contributed by atoms with Gasteiger partial charge in [0.1, 0.15) is 28.2 Å². The molecule has 0 amide bonds. The summed E-state index contributed by atoms with van der Waals surface area (Å²) in [6.07, 6.45) is 0.946. The van der Waals surface area contributed by atoms with Crippen LogP contribution in [0.25, 0.3) is 11.3 Å². The Balaban J connectivity index is 1.95. The van der Waals surface area contributed by atoms with E-state index < -0.39 is 49.4 Å². The average molecular weight is 395 g/mol. The van der Waals surface area contributed by atoms with E-state index in [4.69, 9.17) is 5.26 Å². The molecule has 10 heteroatoms. The fourth-order valence-electron chi connectivity index (χ4n) is 2.34. The molecule has 138 valence electrons. The molecule has 0 aliphatic heterocycles. The minimum absolute atomic E-state index is 0.00152. The summed E-state index contributed by atoms with van der Waals surface area (Å²) in [4.78, 5) is 1.96. The third kappa shape index (κ3) is 3.63. The largest absolute Gasteiger partial charge is 0.360 e. The van der Waals surface area contributed by atoms with Crippen molar-refractivity contribution in [3.63, 3.8) is 0 Å². The molecule has 3 aromatic rings. The molecule has 27 heavy (non-hydrogen) atoms. The fraction of sp³-hybridized carbons (Fsp3) is 0. The van der Waals surface area contributed by atoms with Crippen LogP contribution in [0.2, 0.25) is 0 Å². The zero-order chi connectivity index (χ0) is 19.8. The Labute approximate surface area is 150 Å². The summed E-state index contributed by atoms with van der Waals surface area (Å²) in [5.74, 6) is -4.52. The molecule has 3 rings (SSSR count). The van der Waals surface area contributed by atoms with E-state index in [0.29, 0.717) is 12.1 Å². The van der Waals surface area contributed by atoms with Crippen LogP contribution in [-0.2, 0) is 10.0 Å². The first-order chi connectivity index (χ1) is 12.7. The molecule has 0 aliphatic rings. The van der Waals surface area contributed by atoms with Gasteiger partial charge in [0.15, 0.2) is 0 Å². The molecule has 2 aromatic carbocycles. The van der Waals surface area contributed by atoms with Crippen molar-refractivity contribution < 1.29 is 26.0 Å². The van der Waals surface area contributed by atoms with Crippen LogP contribution in [-0.4, -0.2) is 13.4 Å². The molecule has 0 unspecified atom stereocenters. The number of nitrogens with one attached hydrogen (secondary N) is 2. The Bertz CT molecular complexity index is 1160. The number of H-pyrrole nitrogens is 1. The van der Waals surface area contributed by atoms with E-state index in [1.807, 2.05) is 4.72 Å². The Hall–Kier alpha value is -3.32. The Morgan fingerprint density at radius 1 is 0.963 bits per heavy atom. The van der Waals surface area contributed by atoms with E-state index in [9.17, 15) is 26.0 Å². The second-order valence-corrected chi connectivity index (χ2v) is 7.09. The average Bonchev–Trinajstić information content (AvgIpc) is 3.06. The third-order valence-corrected chi connectivity index (χ3v) is 4.93. The standard InChI is InChI=1S/C17H9F4N3O2S/c18-10-4-13(20)17(14(21)5-10)16-6-11(8-23-16)27(25,26)24-15-2-1-9(7-22)3-12(15)19/h1-6,8,23-24H. The summed E-state index contributed by atoms with van der Waals surface area (Å²) in [6, 6.07) is 6.67. The van der Waals surface area contributed by atoms with Crippen molar-refractivity contribution in [3.05, 3.63) is 71.4 Å². The first kappa shape index (κ1) is 18.5. The lowest BCUT2D eigenvalue weighted by atomic mass is 10.1. The summed E-state index contributed by atoms with van der Waals surface area (Å²) in [6.45, 7) is 0. The smallest absolute Gasteiger partial charge is 0.263 e. The number of nitriles is 1. The van der Waals surface area contributed by atoms with Crippen LogP contribution in [0.1, 0.15) is 5.56 Å². The highest BCUT2D eigenvalue weighted by atomic mass is 32.2. The van der Waals surface area contributed by atoms with Crippen LogP contribution < -0.4 is 4.72 Å². The van der Waals surface area contributed by atoms with Crippen molar-refractivity contribution in [1.82, 2.24) is 4.98 Å². The topological polar surface area (TPSA) is 85.8 Å². The lowest BCUT2D eigenvalue weighted by Crippen LogP contribution is -2.13. The van der Waals surface area contributed by atoms with Crippen molar-refractivity contribution in [2.75, 3.05) is 4.72 Å². The molecule has 0 saturated carbocycles. The molecule has 0 fully saturated rings. The first-order valence-corrected chi connectivity index (χ1v) is 8.75. The predicted octanol–water partition coefficient (Wildman–Crippen LogP) is 3.91. The van der Waals surface area contributed by atoms with Crippen LogP contribution in [0.3, 0.4) is 0 Å². The second kappa shape index (κ2) is 6.77. The van der Waals surface area contributed by atoms with Crippen LogP contribution in [0.15, 0.2) is 47.5 Å². The van der Waals surface area contributed by atoms with Crippen LogP contribution in [0.4, 0.5) is 23.2 Å². The minimum Gasteiger partial charge on any atom is -0.360 e. The van der Waals surface area contributed by atoms with Gasteiger partial charge in [0, 0.05) is 18.3 Å². The number of hydrogen-bond donors (Lipinski definition) is 2. The van der Waals surface area contributed by atoms with Crippen molar-refractivity contribution >= 4 is 15.7 Å².